The Morgan fingerprint density at radius 1 is 1.24 bits per heavy atom. The number of benzene rings is 1. The number of fused-ring (bicyclic) bond motifs is 3. The molecule has 6 rings (SSSR count). The highest BCUT2D eigenvalue weighted by Crippen LogP contribution is 2.36. The van der Waals surface area contributed by atoms with Crippen LogP contribution in [-0.4, -0.2) is 50.2 Å². The van der Waals surface area contributed by atoms with Crippen LogP contribution in [0.25, 0.3) is 16.6 Å². The zero-order valence-corrected chi connectivity index (χ0v) is 18.7. The molecular weight excluding hydrogens is 421 g/mol. The molecule has 0 saturated carbocycles. The molecule has 2 fully saturated rings. The maximum absolute atomic E-state index is 14.5. The van der Waals surface area contributed by atoms with Gasteiger partial charge in [-0.2, -0.15) is 5.10 Å². The quantitative estimate of drug-likeness (QED) is 0.504. The number of halogens is 1. The number of aromatic nitrogens is 4. The lowest BCUT2D eigenvalue weighted by Gasteiger charge is -2.34. The molecule has 2 N–H and O–H groups in total. The predicted molar refractivity (Wildman–Crippen MR) is 125 cm³/mol. The summed E-state index contributed by atoms with van der Waals surface area (Å²) in [6.07, 6.45) is 8.83. The summed E-state index contributed by atoms with van der Waals surface area (Å²) in [5.74, 6) is -0.802. The van der Waals surface area contributed by atoms with Gasteiger partial charge in [0.05, 0.1) is 16.9 Å². The minimum atomic E-state index is -0.482. The largest absolute Gasteiger partial charge is 0.366 e. The van der Waals surface area contributed by atoms with E-state index < -0.39 is 5.82 Å². The van der Waals surface area contributed by atoms with Gasteiger partial charge in [0.15, 0.2) is 11.5 Å². The van der Waals surface area contributed by atoms with Crippen LogP contribution in [0.15, 0.2) is 36.8 Å². The van der Waals surface area contributed by atoms with E-state index in [0.717, 1.165) is 30.6 Å². The van der Waals surface area contributed by atoms with Gasteiger partial charge in [-0.25, -0.2) is 9.37 Å². The molecule has 2 saturated heterocycles. The lowest BCUT2D eigenvalue weighted by molar-refractivity contribution is 0.102. The van der Waals surface area contributed by atoms with Crippen LogP contribution in [0.3, 0.4) is 0 Å². The molecule has 170 valence electrons. The summed E-state index contributed by atoms with van der Waals surface area (Å²) >= 11 is 0. The van der Waals surface area contributed by atoms with Gasteiger partial charge in [0.1, 0.15) is 5.52 Å². The first-order valence-electron chi connectivity index (χ1n) is 11.4. The van der Waals surface area contributed by atoms with Gasteiger partial charge in [0.2, 0.25) is 0 Å². The fraction of sp³-hybridized carbons (Fsp3) is 0.375. The first-order chi connectivity index (χ1) is 16.0. The van der Waals surface area contributed by atoms with E-state index in [0.29, 0.717) is 34.5 Å². The van der Waals surface area contributed by atoms with Gasteiger partial charge < -0.3 is 19.9 Å². The molecule has 9 heteroatoms. The second-order valence-corrected chi connectivity index (χ2v) is 9.09. The summed E-state index contributed by atoms with van der Waals surface area (Å²) in [6.45, 7) is 3.87. The van der Waals surface area contributed by atoms with Gasteiger partial charge in [-0.3, -0.25) is 9.48 Å². The van der Waals surface area contributed by atoms with Crippen molar-refractivity contribution in [3.05, 3.63) is 53.9 Å². The maximum atomic E-state index is 14.5. The maximum Gasteiger partial charge on any atom is 0.257 e. The van der Waals surface area contributed by atoms with E-state index in [1.165, 1.54) is 18.9 Å². The number of piperidine rings is 1. The highest BCUT2D eigenvalue weighted by atomic mass is 19.1. The number of hydrogen-bond donors (Lipinski definition) is 2. The molecule has 1 amide bonds. The van der Waals surface area contributed by atoms with Crippen LogP contribution in [0.5, 0.6) is 0 Å². The highest BCUT2D eigenvalue weighted by Gasteiger charge is 2.36. The number of rotatable bonds is 3. The third-order valence-electron chi connectivity index (χ3n) is 6.84. The minimum absolute atomic E-state index is 0.239. The molecule has 33 heavy (non-hydrogen) atoms. The topological polar surface area (TPSA) is 79.5 Å². The molecule has 5 heterocycles. The van der Waals surface area contributed by atoms with Crippen LogP contribution in [-0.2, 0) is 7.05 Å². The number of amides is 1. The van der Waals surface area contributed by atoms with Crippen LogP contribution in [0.1, 0.15) is 35.3 Å². The van der Waals surface area contributed by atoms with Crippen molar-refractivity contribution in [3.63, 3.8) is 0 Å². The first kappa shape index (κ1) is 20.2. The van der Waals surface area contributed by atoms with Crippen LogP contribution in [0.2, 0.25) is 0 Å². The van der Waals surface area contributed by atoms with Crippen molar-refractivity contribution in [2.75, 3.05) is 23.3 Å². The number of hydrogen-bond acceptors (Lipinski definition) is 5. The van der Waals surface area contributed by atoms with E-state index in [1.54, 1.807) is 28.4 Å². The number of imidazole rings is 1. The monoisotopic (exact) mass is 447 g/mol. The van der Waals surface area contributed by atoms with E-state index in [4.69, 9.17) is 0 Å². The molecule has 0 radical (unpaired) electrons. The van der Waals surface area contributed by atoms with Crippen molar-refractivity contribution >= 4 is 33.8 Å². The summed E-state index contributed by atoms with van der Waals surface area (Å²) in [4.78, 5) is 19.8. The highest BCUT2D eigenvalue weighted by molar-refractivity contribution is 6.14. The molecule has 4 aromatic rings. The molecule has 2 aliphatic heterocycles. The number of nitrogens with zero attached hydrogens (tertiary/aromatic N) is 5. The summed E-state index contributed by atoms with van der Waals surface area (Å²) in [7, 11) is 1.87. The molecule has 1 aromatic carbocycles. The molecule has 2 atom stereocenters. The van der Waals surface area contributed by atoms with Crippen LogP contribution in [0.4, 0.5) is 15.8 Å². The smallest absolute Gasteiger partial charge is 0.257 e. The van der Waals surface area contributed by atoms with E-state index in [1.807, 2.05) is 25.4 Å². The predicted octanol–water partition coefficient (Wildman–Crippen LogP) is 3.25. The molecule has 8 nitrogen and oxygen atoms in total. The van der Waals surface area contributed by atoms with Gasteiger partial charge in [-0.15, -0.1) is 0 Å². The molecular formula is C24H26FN7O. The first-order valence-corrected chi connectivity index (χ1v) is 11.4. The Balaban J connectivity index is 1.35. The normalized spacial score (nSPS) is 20.5. The molecule has 0 bridgehead atoms. The van der Waals surface area contributed by atoms with E-state index in [2.05, 4.69) is 25.6 Å². The number of anilines is 2. The fourth-order valence-electron chi connectivity index (χ4n) is 5.43. The van der Waals surface area contributed by atoms with Crippen LogP contribution in [0, 0.1) is 12.7 Å². The third kappa shape index (κ3) is 3.34. The number of aryl methyl sites for hydroxylation is 2. The van der Waals surface area contributed by atoms with E-state index in [9.17, 15) is 9.18 Å². The number of carbonyl (C=O) groups excluding carboxylic acids is 1. The Morgan fingerprint density at radius 2 is 2.12 bits per heavy atom. The molecule has 0 aliphatic carbocycles. The standard InChI is InChI=1S/C24H26FN7O/c1-14-11-31-12-15(10-18(25)23(31)27-14)28-24(33)16-5-6-20(17-13-30(2)29-22(16)17)32-9-7-19-21(32)4-3-8-26-19/h5-6,10-13,19,21,26H,3-4,7-9H2,1-2H3,(H,28,33). The number of carbonyl (C=O) groups is 1. The molecule has 2 aliphatic rings. The summed E-state index contributed by atoms with van der Waals surface area (Å²) in [5.41, 5.74) is 3.55. The number of pyridine rings is 1. The molecule has 2 unspecified atom stereocenters. The van der Waals surface area contributed by atoms with E-state index in [-0.39, 0.29) is 11.6 Å². The van der Waals surface area contributed by atoms with E-state index >= 15 is 0 Å². The van der Waals surface area contributed by atoms with Crippen molar-refractivity contribution in [1.29, 1.82) is 0 Å². The van der Waals surface area contributed by atoms with Gasteiger partial charge in [-0.05, 0) is 44.9 Å². The lowest BCUT2D eigenvalue weighted by Crippen LogP contribution is -2.47. The van der Waals surface area contributed by atoms with Gasteiger partial charge in [0.25, 0.3) is 5.91 Å². The Kier molecular flexibility index (Phi) is 4.62. The summed E-state index contributed by atoms with van der Waals surface area (Å²) in [6, 6.07) is 6.14. The second-order valence-electron chi connectivity index (χ2n) is 9.09. The zero-order valence-electron chi connectivity index (χ0n) is 18.7. The average molecular weight is 448 g/mol. The average Bonchev–Trinajstić information content (AvgIpc) is 3.48. The summed E-state index contributed by atoms with van der Waals surface area (Å²) in [5, 5.41) is 12.0. The van der Waals surface area contributed by atoms with Crippen molar-refractivity contribution in [2.45, 2.75) is 38.3 Å². The van der Waals surface area contributed by atoms with Crippen LogP contribution < -0.4 is 15.5 Å². The van der Waals surface area contributed by atoms with Gasteiger partial charge in [0, 0.05) is 61.4 Å². The Labute approximate surface area is 190 Å². The summed E-state index contributed by atoms with van der Waals surface area (Å²) < 4.78 is 17.8. The third-order valence-corrected chi connectivity index (χ3v) is 6.84. The minimum Gasteiger partial charge on any atom is -0.366 e. The van der Waals surface area contributed by atoms with Crippen LogP contribution >= 0.6 is 0 Å². The molecule has 3 aromatic heterocycles. The lowest BCUT2D eigenvalue weighted by atomic mass is 9.98. The van der Waals surface area contributed by atoms with Gasteiger partial charge >= 0.3 is 0 Å². The molecule has 0 spiro atoms. The number of nitrogens with one attached hydrogen (secondary N) is 2. The van der Waals surface area contributed by atoms with Crippen molar-refractivity contribution in [1.82, 2.24) is 24.5 Å². The Morgan fingerprint density at radius 3 is 3.00 bits per heavy atom. The fourth-order valence-corrected chi connectivity index (χ4v) is 5.43. The zero-order chi connectivity index (χ0) is 22.7. The second kappa shape index (κ2) is 7.55. The van der Waals surface area contributed by atoms with Gasteiger partial charge in [-0.1, -0.05) is 0 Å². The van der Waals surface area contributed by atoms with Crippen molar-refractivity contribution in [2.24, 2.45) is 7.05 Å². The van der Waals surface area contributed by atoms with Crippen molar-refractivity contribution < 1.29 is 9.18 Å². The van der Waals surface area contributed by atoms with Crippen molar-refractivity contribution in [3.8, 4) is 0 Å². The SMILES string of the molecule is Cc1cn2cc(NC(=O)c3ccc(N4CCC5NCCCC54)c4cn(C)nc34)cc(F)c2n1. The Hall–Kier alpha value is -3.46. The Bertz CT molecular complexity index is 1390.